The van der Waals surface area contributed by atoms with Gasteiger partial charge >= 0.3 is 5.97 Å². The first kappa shape index (κ1) is 69.5. The Balaban J connectivity index is 6.46. The number of carbonyl (C=O) groups excluding carboxylic acids is 12. The van der Waals surface area contributed by atoms with E-state index in [0.717, 1.165) is 20.8 Å². The van der Waals surface area contributed by atoms with Gasteiger partial charge in [-0.1, -0.05) is 0 Å². The number of hydrogen-bond donors (Lipinski definition) is 21. The number of nitrogens with one attached hydrogen (secondary N) is 9. The summed E-state index contributed by atoms with van der Waals surface area (Å²) in [6.07, 6.45) is -6.64. The summed E-state index contributed by atoms with van der Waals surface area (Å²) in [5.74, 6) is -15.9. The first-order chi connectivity index (χ1) is 36.2. The molecule has 0 rings (SSSR count). The zero-order valence-electron chi connectivity index (χ0n) is 43.3. The Labute approximate surface area is 445 Å². The van der Waals surface area contributed by atoms with E-state index >= 15 is 0 Å². The van der Waals surface area contributed by atoms with Crippen LogP contribution in [0.15, 0.2) is 9.98 Å². The molecule has 0 spiro atoms. The first-order valence-corrected chi connectivity index (χ1v) is 23.9. The number of rotatable bonds is 37. The van der Waals surface area contributed by atoms with Gasteiger partial charge in [-0.25, -0.2) is 4.79 Å². The number of nitrogens with zero attached hydrogens (tertiary/aromatic N) is 2. The van der Waals surface area contributed by atoms with Crippen molar-refractivity contribution < 1.29 is 82.8 Å². The van der Waals surface area contributed by atoms with Crippen molar-refractivity contribution in [2.24, 2.45) is 55.9 Å². The molecule has 0 aromatic heterocycles. The van der Waals surface area contributed by atoms with Crippen molar-refractivity contribution in [2.75, 3.05) is 19.7 Å². The van der Waals surface area contributed by atoms with Crippen molar-refractivity contribution >= 4 is 88.8 Å². The Morgan fingerprint density at radius 1 is 0.423 bits per heavy atom. The van der Waals surface area contributed by atoms with Crippen LogP contribution in [-0.2, 0) is 62.3 Å². The van der Waals surface area contributed by atoms with Gasteiger partial charge in [0.05, 0.1) is 31.7 Å². The molecule has 78 heavy (non-hydrogen) atoms. The first-order valence-electron chi connectivity index (χ1n) is 23.9. The lowest BCUT2D eigenvalue weighted by atomic mass is 10.1. The summed E-state index contributed by atoms with van der Waals surface area (Å²) in [4.78, 5) is 175. The number of carboxylic acids is 1. The highest BCUT2D eigenvalue weighted by Crippen LogP contribution is 2.07. The molecular formula is C42H75N19O17. The van der Waals surface area contributed by atoms with Gasteiger partial charge in [0.2, 0.25) is 70.9 Å². The van der Waals surface area contributed by atoms with E-state index in [1.807, 2.05) is 0 Å². The molecule has 0 bridgehead atoms. The summed E-state index contributed by atoms with van der Waals surface area (Å²) in [6.45, 7) is 3.50. The molecule has 0 aromatic carbocycles. The molecule has 0 heterocycles. The van der Waals surface area contributed by atoms with E-state index in [-0.39, 0.29) is 50.7 Å². The van der Waals surface area contributed by atoms with Crippen LogP contribution in [0, 0.1) is 0 Å². The minimum absolute atomic E-state index is 0.00809. The summed E-state index contributed by atoms with van der Waals surface area (Å²) >= 11 is 0. The van der Waals surface area contributed by atoms with E-state index in [1.165, 1.54) is 6.92 Å². The Morgan fingerprint density at radius 3 is 1.13 bits per heavy atom. The van der Waals surface area contributed by atoms with Crippen LogP contribution in [0.25, 0.3) is 0 Å². The normalized spacial score (nSPS) is 15.4. The molecule has 0 aliphatic heterocycles. The summed E-state index contributed by atoms with van der Waals surface area (Å²) in [6, 6.07) is -17.0. The van der Waals surface area contributed by atoms with Crippen molar-refractivity contribution in [1.29, 1.82) is 0 Å². The summed E-state index contributed by atoms with van der Waals surface area (Å²) < 4.78 is 0. The van der Waals surface area contributed by atoms with Gasteiger partial charge in [0, 0.05) is 19.5 Å². The molecule has 36 heteroatoms. The molecular weight excluding hydrogens is 1040 g/mol. The summed E-state index contributed by atoms with van der Waals surface area (Å²) in [5, 5.41) is 59.2. The zero-order chi connectivity index (χ0) is 60.1. The molecule has 0 aliphatic rings. The predicted molar refractivity (Wildman–Crippen MR) is 271 cm³/mol. The van der Waals surface area contributed by atoms with Gasteiger partial charge in [0.15, 0.2) is 11.9 Å². The molecule has 12 amide bonds. The molecule has 36 nitrogen and oxygen atoms in total. The maximum absolute atomic E-state index is 13.8. The summed E-state index contributed by atoms with van der Waals surface area (Å²) in [5.41, 5.74) is 42.7. The number of hydrogen-bond acceptors (Lipinski definition) is 19. The van der Waals surface area contributed by atoms with Crippen LogP contribution in [0.3, 0.4) is 0 Å². The topological polar surface area (TPSA) is 644 Å². The van der Waals surface area contributed by atoms with Gasteiger partial charge in [-0.05, 0) is 59.8 Å². The average molecular weight is 1120 g/mol. The van der Waals surface area contributed by atoms with E-state index in [4.69, 9.17) is 45.9 Å². The molecule has 0 saturated carbocycles. The minimum atomic E-state index is -2.03. The van der Waals surface area contributed by atoms with Crippen LogP contribution >= 0.6 is 0 Å². The van der Waals surface area contributed by atoms with Crippen LogP contribution in [0.1, 0.15) is 79.1 Å². The second kappa shape index (κ2) is 34.9. The van der Waals surface area contributed by atoms with Crippen LogP contribution < -0.4 is 93.7 Å². The number of aliphatic hydroxyl groups is 3. The van der Waals surface area contributed by atoms with Gasteiger partial charge in [0.1, 0.15) is 60.4 Å². The smallest absolute Gasteiger partial charge is 0.326 e. The highest BCUT2D eigenvalue weighted by molar-refractivity contribution is 6.00. The van der Waals surface area contributed by atoms with E-state index < -0.39 is 182 Å². The molecule has 0 radical (unpaired) electrons. The third kappa shape index (κ3) is 27.3. The van der Waals surface area contributed by atoms with Gasteiger partial charge in [-0.15, -0.1) is 0 Å². The number of guanidine groups is 2. The van der Waals surface area contributed by atoms with Gasteiger partial charge < -0.3 is 114 Å². The number of aliphatic hydroxyl groups excluding tert-OH is 3. The predicted octanol–water partition coefficient (Wildman–Crippen LogP) is -12.3. The molecule has 12 atom stereocenters. The Kier molecular flexibility index (Phi) is 31.1. The third-order valence-corrected chi connectivity index (χ3v) is 10.7. The fourth-order valence-corrected chi connectivity index (χ4v) is 6.46. The molecule has 0 fully saturated rings. The van der Waals surface area contributed by atoms with Crippen LogP contribution in [0.4, 0.5) is 0 Å². The van der Waals surface area contributed by atoms with Crippen molar-refractivity contribution in [1.82, 2.24) is 47.9 Å². The van der Waals surface area contributed by atoms with Crippen molar-refractivity contribution in [3.8, 4) is 0 Å². The zero-order valence-corrected chi connectivity index (χ0v) is 43.3. The fraction of sp³-hybridized carbons (Fsp3) is 0.643. The lowest BCUT2D eigenvalue weighted by Crippen LogP contribution is -2.62. The van der Waals surface area contributed by atoms with Crippen molar-refractivity contribution in [3.63, 3.8) is 0 Å². The third-order valence-electron chi connectivity index (χ3n) is 10.7. The second-order valence-electron chi connectivity index (χ2n) is 17.6. The largest absolute Gasteiger partial charge is 0.480 e. The summed E-state index contributed by atoms with van der Waals surface area (Å²) in [7, 11) is 0. The maximum atomic E-state index is 13.8. The molecule has 0 aromatic rings. The number of carbonyl (C=O) groups is 13. The number of amides is 12. The lowest BCUT2D eigenvalue weighted by Gasteiger charge is -2.28. The molecule has 0 unspecified atom stereocenters. The van der Waals surface area contributed by atoms with Crippen LogP contribution in [-0.4, -0.2) is 202 Å². The van der Waals surface area contributed by atoms with E-state index in [0.29, 0.717) is 0 Å². The highest BCUT2D eigenvalue weighted by Gasteiger charge is 2.37. The van der Waals surface area contributed by atoms with E-state index in [1.54, 1.807) is 0 Å². The van der Waals surface area contributed by atoms with E-state index in [2.05, 4.69) is 57.8 Å². The minimum Gasteiger partial charge on any atom is -0.480 e. The quantitative estimate of drug-likeness (QED) is 0.0156. The van der Waals surface area contributed by atoms with Gasteiger partial charge in [-0.3, -0.25) is 67.5 Å². The van der Waals surface area contributed by atoms with Crippen LogP contribution in [0.5, 0.6) is 0 Å². The number of carboxylic acid groups (broad SMARTS) is 1. The molecule has 0 aliphatic carbocycles. The average Bonchev–Trinajstić information content (AvgIpc) is 3.33. The van der Waals surface area contributed by atoms with Gasteiger partial charge in [0.25, 0.3) is 0 Å². The van der Waals surface area contributed by atoms with Gasteiger partial charge in [-0.2, -0.15) is 0 Å². The Morgan fingerprint density at radius 2 is 0.756 bits per heavy atom. The Hall–Kier alpha value is -8.51. The molecule has 0 saturated heterocycles. The standard InChI is InChI=1S/C42H75N19O17/c1-16(31(68)57-23(40(77)78)8-6-12-52-42(49)50)53-34(71)21(7-5-11-51-41(47)48)55-36(73)24(13-27(45)66)58-37(74)25(14-28(46)67)59-39(76)29(18(3)63)60-32(69)17(2)54-35(72)22(9-10-26(44)65)56-38(75)30(19(4)64)61-33(70)20(43)15-62/h16-25,29-30,62-64H,5-15,43H2,1-4H3,(H2,44,65)(H2,45,66)(H2,46,67)(H,53,71)(H,54,72)(H,55,73)(H,56,75)(H,57,68)(H,58,74)(H,59,76)(H,60,69)(H,61,70)(H,77,78)(H4,47,48,51)(H4,49,50,52)/t16-,17-,18+,19+,20-,21-,22-,23-,24-,25-,29-,30-/m0/s1. The van der Waals surface area contributed by atoms with Crippen molar-refractivity contribution in [2.45, 2.75) is 152 Å². The number of aliphatic carboxylic acids is 1. The van der Waals surface area contributed by atoms with Crippen LogP contribution in [0.2, 0.25) is 0 Å². The molecule has 440 valence electrons. The van der Waals surface area contributed by atoms with Crippen molar-refractivity contribution in [3.05, 3.63) is 0 Å². The van der Waals surface area contributed by atoms with E-state index in [9.17, 15) is 82.8 Å². The monoisotopic (exact) mass is 1120 g/mol. The number of aliphatic imine (C=N–C) groups is 2. The lowest BCUT2D eigenvalue weighted by molar-refractivity contribution is -0.142. The number of primary amides is 3. The highest BCUT2D eigenvalue weighted by atomic mass is 16.4. The second-order valence-corrected chi connectivity index (χ2v) is 17.6. The Bertz CT molecular complexity index is 2210. The fourth-order valence-electron chi connectivity index (χ4n) is 6.46. The molecule has 29 N–H and O–H groups in total. The number of nitrogens with two attached hydrogens (primary N) is 8. The maximum Gasteiger partial charge on any atom is 0.326 e. The SMILES string of the molecule is C[C@H](NC(=O)[C@H](CCCN=C(N)N)NC(=O)[C@H](CC(N)=O)NC(=O)[C@H](CC(N)=O)NC(=O)[C@@H](NC(=O)[C@H](C)NC(=O)[C@H](CCC(N)=O)NC(=O)[C@@H](NC(=O)[C@@H](N)CO)[C@@H](C)O)[C@@H](C)O)C(=O)N[C@@H](CCCN=C(N)N)C(=O)O.